The zero-order valence-corrected chi connectivity index (χ0v) is 24.6. The third-order valence-electron chi connectivity index (χ3n) is 11.0. The van der Waals surface area contributed by atoms with Crippen molar-refractivity contribution in [1.82, 2.24) is 9.97 Å². The van der Waals surface area contributed by atoms with Crippen LogP contribution in [0.25, 0.3) is 11.1 Å². The smallest absolute Gasteiger partial charge is 0.302 e. The number of carbonyl (C=O) groups is 1. The molecule has 0 aromatic carbocycles. The van der Waals surface area contributed by atoms with Gasteiger partial charge in [0.1, 0.15) is 28.2 Å². The monoisotopic (exact) mass is 588 g/mol. The molecule has 3 fully saturated rings. The Kier molecular flexibility index (Phi) is 6.61. The van der Waals surface area contributed by atoms with E-state index >= 15 is 0 Å². The predicted molar refractivity (Wildman–Crippen MR) is 154 cm³/mol. The lowest BCUT2D eigenvalue weighted by molar-refractivity contribution is -0.148. The Labute approximate surface area is 239 Å². The van der Waals surface area contributed by atoms with Crippen molar-refractivity contribution >= 4 is 27.7 Å². The number of halogens is 1. The van der Waals surface area contributed by atoms with Gasteiger partial charge in [0, 0.05) is 36.7 Å². The average Bonchev–Trinajstić information content (AvgIpc) is 3.25. The fourth-order valence-electron chi connectivity index (χ4n) is 9.13. The van der Waals surface area contributed by atoms with Gasteiger partial charge < -0.3 is 10.5 Å². The number of hydrogen-bond donors (Lipinski definition) is 1. The van der Waals surface area contributed by atoms with Crippen molar-refractivity contribution in [3.8, 4) is 17.2 Å². The molecule has 0 spiro atoms. The quantitative estimate of drug-likeness (QED) is 0.228. The first-order valence-electron chi connectivity index (χ1n) is 14.3. The van der Waals surface area contributed by atoms with Crippen molar-refractivity contribution < 1.29 is 9.53 Å². The number of ether oxygens (including phenoxy) is 1. The molecule has 2 aromatic rings. The second-order valence-electron chi connectivity index (χ2n) is 12.7. The Morgan fingerprint density at radius 2 is 2.00 bits per heavy atom. The van der Waals surface area contributed by atoms with Gasteiger partial charge in [0.15, 0.2) is 0 Å². The summed E-state index contributed by atoms with van der Waals surface area (Å²) in [6.45, 7) is 6.49. The summed E-state index contributed by atoms with van der Waals surface area (Å²) in [6.07, 6.45) is 13.1. The fourth-order valence-corrected chi connectivity index (χ4v) is 9.49. The highest BCUT2D eigenvalue weighted by Gasteiger charge is 2.59. The van der Waals surface area contributed by atoms with Gasteiger partial charge in [-0.25, -0.2) is 9.97 Å². The van der Waals surface area contributed by atoms with Gasteiger partial charge >= 0.3 is 5.97 Å². The molecule has 0 radical (unpaired) electrons. The highest BCUT2D eigenvalue weighted by atomic mass is 79.9. The third-order valence-corrected chi connectivity index (χ3v) is 11.4. The first-order chi connectivity index (χ1) is 18.6. The Morgan fingerprint density at radius 1 is 1.18 bits per heavy atom. The van der Waals surface area contributed by atoms with Gasteiger partial charge in [0.25, 0.3) is 0 Å². The van der Waals surface area contributed by atoms with Crippen LogP contribution in [0.2, 0.25) is 0 Å². The first kappa shape index (κ1) is 26.5. The molecule has 0 bridgehead atoms. The number of esters is 1. The standard InChI is InChI=1S/C32H37BrN4O2/c1-18(38)39-21-8-11-31(2)20(15-21)4-5-22-25-6-7-27(32(25,3)12-9-26(22)31)28-16-23(24(17-34)30(35)37-28)19-10-13-36-29(33)14-19/h4,10,13-14,16,21-22,25-27H,5-9,11-12,15H2,1-3H3,(H2,35,37)/t21-,22-,25-,26-,27+,31-,32-/m0/s1. The number of allylic oxidation sites excluding steroid dienone is 1. The van der Waals surface area contributed by atoms with Gasteiger partial charge in [-0.2, -0.15) is 5.26 Å². The van der Waals surface area contributed by atoms with E-state index in [-0.39, 0.29) is 22.9 Å². The molecule has 6 rings (SSSR count). The summed E-state index contributed by atoms with van der Waals surface area (Å²) in [5.41, 5.74) is 11.5. The molecule has 0 saturated heterocycles. The van der Waals surface area contributed by atoms with Gasteiger partial charge in [-0.05, 0) is 113 Å². The Hall–Kier alpha value is -2.72. The van der Waals surface area contributed by atoms with E-state index in [1.165, 1.54) is 31.8 Å². The molecule has 0 unspecified atom stereocenters. The summed E-state index contributed by atoms with van der Waals surface area (Å²) in [5, 5.41) is 9.90. The molecule has 6 nitrogen and oxygen atoms in total. The van der Waals surface area contributed by atoms with Gasteiger partial charge in [-0.3, -0.25) is 4.79 Å². The lowest BCUT2D eigenvalue weighted by Crippen LogP contribution is -2.50. The first-order valence-corrected chi connectivity index (χ1v) is 15.1. The molecular formula is C32H37BrN4O2. The molecule has 39 heavy (non-hydrogen) atoms. The molecule has 0 aliphatic heterocycles. The van der Waals surface area contributed by atoms with Gasteiger partial charge in [0.2, 0.25) is 0 Å². The number of anilines is 1. The zero-order chi connectivity index (χ0) is 27.5. The Balaban J connectivity index is 1.31. The van der Waals surface area contributed by atoms with Crippen LogP contribution in [0.3, 0.4) is 0 Å². The van der Waals surface area contributed by atoms with Gasteiger partial charge in [0.05, 0.1) is 0 Å². The van der Waals surface area contributed by atoms with Crippen LogP contribution in [0.1, 0.15) is 89.3 Å². The van der Waals surface area contributed by atoms with Gasteiger partial charge in [-0.15, -0.1) is 0 Å². The largest absolute Gasteiger partial charge is 0.462 e. The van der Waals surface area contributed by atoms with E-state index < -0.39 is 0 Å². The number of aromatic nitrogens is 2. The number of nitrogens with two attached hydrogens (primary N) is 1. The molecule has 2 aromatic heterocycles. The lowest BCUT2D eigenvalue weighted by atomic mass is 9.47. The maximum Gasteiger partial charge on any atom is 0.302 e. The second-order valence-corrected chi connectivity index (χ2v) is 13.6. The molecule has 3 saturated carbocycles. The highest BCUT2D eigenvalue weighted by molar-refractivity contribution is 9.10. The van der Waals surface area contributed by atoms with Crippen LogP contribution < -0.4 is 5.73 Å². The van der Waals surface area contributed by atoms with Gasteiger partial charge in [-0.1, -0.05) is 25.5 Å². The number of fused-ring (bicyclic) bond motifs is 5. The Bertz CT molecular complexity index is 1400. The molecule has 4 aliphatic carbocycles. The number of nitriles is 1. The maximum atomic E-state index is 11.6. The molecule has 2 N–H and O–H groups in total. The fraction of sp³-hybridized carbons (Fsp3) is 0.562. The summed E-state index contributed by atoms with van der Waals surface area (Å²) in [4.78, 5) is 20.7. The van der Waals surface area contributed by atoms with E-state index in [2.05, 4.69) is 53.0 Å². The number of hydrogen-bond acceptors (Lipinski definition) is 6. The SMILES string of the molecule is CC(=O)O[C@H]1CC[C@@]2(C)C(=CC[C@H]3[C@@H]4CC[C@H](c5cc(-c6ccnc(Br)c6)c(C#N)c(N)n5)[C@@]4(C)CC[C@@H]32)C1. The lowest BCUT2D eigenvalue weighted by Gasteiger charge is -2.58. The van der Waals surface area contributed by atoms with Crippen molar-refractivity contribution in [3.05, 3.63) is 51.9 Å². The van der Waals surface area contributed by atoms with E-state index in [9.17, 15) is 10.1 Å². The second kappa shape index (κ2) is 9.73. The molecule has 204 valence electrons. The van der Waals surface area contributed by atoms with Crippen LogP contribution in [0.5, 0.6) is 0 Å². The molecule has 4 aliphatic rings. The summed E-state index contributed by atoms with van der Waals surface area (Å²) >= 11 is 3.47. The van der Waals surface area contributed by atoms with Crippen LogP contribution in [0, 0.1) is 39.9 Å². The van der Waals surface area contributed by atoms with Crippen LogP contribution in [-0.4, -0.2) is 22.0 Å². The van der Waals surface area contributed by atoms with Crippen LogP contribution in [0.4, 0.5) is 5.82 Å². The summed E-state index contributed by atoms with van der Waals surface area (Å²) < 4.78 is 6.35. The molecular weight excluding hydrogens is 552 g/mol. The van der Waals surface area contributed by atoms with Crippen molar-refractivity contribution in [2.45, 2.75) is 84.2 Å². The van der Waals surface area contributed by atoms with E-state index in [1.54, 1.807) is 6.20 Å². The summed E-state index contributed by atoms with van der Waals surface area (Å²) in [6, 6.07) is 8.28. The predicted octanol–water partition coefficient (Wildman–Crippen LogP) is 7.34. The molecule has 2 heterocycles. The normalized spacial score (nSPS) is 35.2. The average molecular weight is 590 g/mol. The number of nitrogen functional groups attached to an aromatic ring is 1. The van der Waals surface area contributed by atoms with E-state index in [0.717, 1.165) is 53.5 Å². The minimum absolute atomic E-state index is 0.0335. The number of nitrogens with zero attached hydrogens (tertiary/aromatic N) is 3. The topological polar surface area (TPSA) is 102 Å². The van der Waals surface area contributed by atoms with E-state index in [0.29, 0.717) is 35.1 Å². The number of pyridine rings is 2. The van der Waals surface area contributed by atoms with E-state index in [4.69, 9.17) is 15.5 Å². The molecule has 0 amide bonds. The van der Waals surface area contributed by atoms with E-state index in [1.807, 2.05) is 12.1 Å². The van der Waals surface area contributed by atoms with Crippen molar-refractivity contribution in [2.24, 2.45) is 28.6 Å². The third kappa shape index (κ3) is 4.30. The summed E-state index contributed by atoms with van der Waals surface area (Å²) in [5.74, 6) is 2.45. The molecule has 7 atom stereocenters. The van der Waals surface area contributed by atoms with Crippen molar-refractivity contribution in [2.75, 3.05) is 5.73 Å². The van der Waals surface area contributed by atoms with Crippen LogP contribution >= 0.6 is 15.9 Å². The number of rotatable bonds is 3. The summed E-state index contributed by atoms with van der Waals surface area (Å²) in [7, 11) is 0. The zero-order valence-electron chi connectivity index (χ0n) is 23.0. The minimum Gasteiger partial charge on any atom is -0.462 e. The highest BCUT2D eigenvalue weighted by Crippen LogP contribution is 2.68. The van der Waals surface area contributed by atoms with Crippen LogP contribution in [0.15, 0.2) is 40.6 Å². The van der Waals surface area contributed by atoms with Crippen LogP contribution in [-0.2, 0) is 9.53 Å². The number of carbonyl (C=O) groups excluding carboxylic acids is 1. The minimum atomic E-state index is -0.167. The molecule has 7 heteroatoms. The maximum absolute atomic E-state index is 11.6. The Morgan fingerprint density at radius 3 is 2.74 bits per heavy atom. The van der Waals surface area contributed by atoms with Crippen molar-refractivity contribution in [1.29, 1.82) is 5.26 Å². The van der Waals surface area contributed by atoms with Crippen molar-refractivity contribution in [3.63, 3.8) is 0 Å².